The minimum Gasteiger partial charge on any atom is -0.395 e. The molecule has 0 bridgehead atoms. The second-order valence-corrected chi connectivity index (χ2v) is 2.40. The van der Waals surface area contributed by atoms with Crippen LogP contribution in [0.15, 0.2) is 0 Å². The number of aliphatic hydroxyl groups is 1. The molecule has 0 aromatic rings. The molecule has 1 aliphatic rings. The standard InChI is InChI=1S/C6H13NO2/c7-5(4-8)6-2-1-3-9-6/h5-6,8H,1-4,7H2. The highest BCUT2D eigenvalue weighted by Gasteiger charge is 2.21. The second kappa shape index (κ2) is 3.15. The van der Waals surface area contributed by atoms with Crippen molar-refractivity contribution in [3.05, 3.63) is 0 Å². The largest absolute Gasteiger partial charge is 0.395 e. The van der Waals surface area contributed by atoms with E-state index in [2.05, 4.69) is 0 Å². The molecule has 9 heavy (non-hydrogen) atoms. The van der Waals surface area contributed by atoms with Crippen LogP contribution in [0.4, 0.5) is 0 Å². The van der Waals surface area contributed by atoms with Crippen LogP contribution in [0.3, 0.4) is 0 Å². The molecule has 1 fully saturated rings. The molecular formula is C6H13NO2. The SMILES string of the molecule is NC(CO)C1CCCO1. The molecule has 3 N–H and O–H groups in total. The lowest BCUT2D eigenvalue weighted by molar-refractivity contribution is 0.0693. The maximum absolute atomic E-state index is 8.59. The fourth-order valence-corrected chi connectivity index (χ4v) is 1.06. The fourth-order valence-electron chi connectivity index (χ4n) is 1.06. The molecule has 1 rings (SSSR count). The molecule has 3 heteroatoms. The van der Waals surface area contributed by atoms with Gasteiger partial charge in [0.2, 0.25) is 0 Å². The van der Waals surface area contributed by atoms with Crippen LogP contribution < -0.4 is 5.73 Å². The summed E-state index contributed by atoms with van der Waals surface area (Å²) >= 11 is 0. The summed E-state index contributed by atoms with van der Waals surface area (Å²) in [5, 5.41) is 8.59. The van der Waals surface area contributed by atoms with E-state index in [1.807, 2.05) is 0 Å². The third kappa shape index (κ3) is 1.64. The minimum absolute atomic E-state index is 0.0324. The molecule has 2 atom stereocenters. The Balaban J connectivity index is 2.24. The first kappa shape index (κ1) is 6.99. The van der Waals surface area contributed by atoms with Crippen molar-refractivity contribution in [3.8, 4) is 0 Å². The van der Waals surface area contributed by atoms with Gasteiger partial charge in [-0.2, -0.15) is 0 Å². The Morgan fingerprint density at radius 3 is 3.00 bits per heavy atom. The average molecular weight is 131 g/mol. The first-order chi connectivity index (χ1) is 4.34. The topological polar surface area (TPSA) is 55.5 Å². The normalized spacial score (nSPS) is 30.7. The Labute approximate surface area is 54.8 Å². The first-order valence-corrected chi connectivity index (χ1v) is 3.32. The highest BCUT2D eigenvalue weighted by atomic mass is 16.5. The summed E-state index contributed by atoms with van der Waals surface area (Å²) in [6, 6.07) is -0.174. The van der Waals surface area contributed by atoms with Crippen LogP contribution >= 0.6 is 0 Å². The van der Waals surface area contributed by atoms with Crippen LogP contribution in [-0.2, 0) is 4.74 Å². The van der Waals surface area contributed by atoms with Gasteiger partial charge in [-0.3, -0.25) is 0 Å². The molecule has 3 nitrogen and oxygen atoms in total. The van der Waals surface area contributed by atoms with Gasteiger partial charge in [-0.1, -0.05) is 0 Å². The third-order valence-corrected chi connectivity index (χ3v) is 1.65. The van der Waals surface area contributed by atoms with E-state index >= 15 is 0 Å². The maximum Gasteiger partial charge on any atom is 0.0749 e. The van der Waals surface area contributed by atoms with E-state index in [1.54, 1.807) is 0 Å². The van der Waals surface area contributed by atoms with Gasteiger partial charge < -0.3 is 15.6 Å². The van der Waals surface area contributed by atoms with Gasteiger partial charge in [0.25, 0.3) is 0 Å². The zero-order chi connectivity index (χ0) is 6.69. The second-order valence-electron chi connectivity index (χ2n) is 2.40. The zero-order valence-electron chi connectivity index (χ0n) is 5.42. The predicted molar refractivity (Wildman–Crippen MR) is 34.0 cm³/mol. The van der Waals surface area contributed by atoms with Crippen LogP contribution in [0.2, 0.25) is 0 Å². The third-order valence-electron chi connectivity index (χ3n) is 1.65. The van der Waals surface area contributed by atoms with Crippen molar-refractivity contribution in [2.24, 2.45) is 5.73 Å². The van der Waals surface area contributed by atoms with Gasteiger partial charge >= 0.3 is 0 Å². The van der Waals surface area contributed by atoms with Crippen molar-refractivity contribution in [2.75, 3.05) is 13.2 Å². The summed E-state index contributed by atoms with van der Waals surface area (Å²) in [6.07, 6.45) is 2.19. The van der Waals surface area contributed by atoms with Crippen molar-refractivity contribution in [1.29, 1.82) is 0 Å². The van der Waals surface area contributed by atoms with E-state index in [1.165, 1.54) is 0 Å². The van der Waals surface area contributed by atoms with E-state index in [0.717, 1.165) is 19.4 Å². The molecule has 0 aliphatic carbocycles. The van der Waals surface area contributed by atoms with Gasteiger partial charge in [-0.25, -0.2) is 0 Å². The Kier molecular flexibility index (Phi) is 2.45. The van der Waals surface area contributed by atoms with Gasteiger partial charge in [0, 0.05) is 6.61 Å². The molecule has 0 aromatic heterocycles. The lowest BCUT2D eigenvalue weighted by Gasteiger charge is -2.14. The summed E-state index contributed by atoms with van der Waals surface area (Å²) in [6.45, 7) is 0.836. The first-order valence-electron chi connectivity index (χ1n) is 3.32. The lowest BCUT2D eigenvalue weighted by Crippen LogP contribution is -2.37. The molecule has 0 saturated carbocycles. The number of ether oxygens (including phenoxy) is 1. The Hall–Kier alpha value is -0.120. The Bertz CT molecular complexity index is 81.1. The zero-order valence-corrected chi connectivity index (χ0v) is 5.42. The number of rotatable bonds is 2. The van der Waals surface area contributed by atoms with Crippen molar-refractivity contribution in [2.45, 2.75) is 25.0 Å². The number of aliphatic hydroxyl groups excluding tert-OH is 1. The van der Waals surface area contributed by atoms with Crippen LogP contribution in [-0.4, -0.2) is 30.5 Å². The van der Waals surface area contributed by atoms with E-state index in [4.69, 9.17) is 15.6 Å². The monoisotopic (exact) mass is 131 g/mol. The van der Waals surface area contributed by atoms with E-state index in [9.17, 15) is 0 Å². The van der Waals surface area contributed by atoms with Gasteiger partial charge in [-0.15, -0.1) is 0 Å². The molecule has 1 aliphatic heterocycles. The highest BCUT2D eigenvalue weighted by Crippen LogP contribution is 2.13. The molecule has 1 heterocycles. The van der Waals surface area contributed by atoms with E-state index < -0.39 is 0 Å². The molecule has 54 valence electrons. The van der Waals surface area contributed by atoms with E-state index in [-0.39, 0.29) is 18.8 Å². The average Bonchev–Trinajstić information content (AvgIpc) is 2.37. The lowest BCUT2D eigenvalue weighted by atomic mass is 10.1. The maximum atomic E-state index is 8.59. The van der Waals surface area contributed by atoms with Gasteiger partial charge in [0.15, 0.2) is 0 Å². The Morgan fingerprint density at radius 1 is 1.78 bits per heavy atom. The smallest absolute Gasteiger partial charge is 0.0749 e. The predicted octanol–water partition coefficient (Wildman–Crippen LogP) is -0.515. The molecule has 2 unspecified atom stereocenters. The summed E-state index contributed by atoms with van der Waals surface area (Å²) < 4.78 is 5.22. The Morgan fingerprint density at radius 2 is 2.56 bits per heavy atom. The van der Waals surface area contributed by atoms with Crippen molar-refractivity contribution in [1.82, 2.24) is 0 Å². The number of hydrogen-bond acceptors (Lipinski definition) is 3. The fraction of sp³-hybridized carbons (Fsp3) is 1.00. The van der Waals surface area contributed by atoms with Crippen LogP contribution in [0.25, 0.3) is 0 Å². The molecule has 0 radical (unpaired) electrons. The minimum atomic E-state index is -0.174. The molecule has 0 spiro atoms. The summed E-state index contributed by atoms with van der Waals surface area (Å²) in [7, 11) is 0. The highest BCUT2D eigenvalue weighted by molar-refractivity contribution is 4.75. The molecular weight excluding hydrogens is 118 g/mol. The molecule has 0 amide bonds. The van der Waals surface area contributed by atoms with Crippen LogP contribution in [0.1, 0.15) is 12.8 Å². The summed E-state index contributed by atoms with van der Waals surface area (Å²) in [5.74, 6) is 0. The van der Waals surface area contributed by atoms with Gasteiger partial charge in [0.05, 0.1) is 18.8 Å². The van der Waals surface area contributed by atoms with Crippen LogP contribution in [0.5, 0.6) is 0 Å². The summed E-state index contributed by atoms with van der Waals surface area (Å²) in [5.41, 5.74) is 5.50. The van der Waals surface area contributed by atoms with Gasteiger partial charge in [-0.05, 0) is 12.8 Å². The molecule has 0 aromatic carbocycles. The van der Waals surface area contributed by atoms with Gasteiger partial charge in [0.1, 0.15) is 0 Å². The van der Waals surface area contributed by atoms with Crippen molar-refractivity contribution < 1.29 is 9.84 Å². The van der Waals surface area contributed by atoms with E-state index in [0.29, 0.717) is 0 Å². The quantitative estimate of drug-likeness (QED) is 0.530. The summed E-state index contributed by atoms with van der Waals surface area (Å²) in [4.78, 5) is 0. The number of nitrogens with two attached hydrogens (primary N) is 1. The van der Waals surface area contributed by atoms with Crippen molar-refractivity contribution in [3.63, 3.8) is 0 Å². The van der Waals surface area contributed by atoms with Crippen molar-refractivity contribution >= 4 is 0 Å². The van der Waals surface area contributed by atoms with Crippen LogP contribution in [0, 0.1) is 0 Å². The number of hydrogen-bond donors (Lipinski definition) is 2. The molecule has 1 saturated heterocycles.